The number of aromatic nitrogens is 2. The number of aromatic amines is 1. The number of anilines is 2. The van der Waals surface area contributed by atoms with E-state index in [1.807, 2.05) is 13.8 Å². The van der Waals surface area contributed by atoms with Crippen LogP contribution in [0.15, 0.2) is 18.2 Å². The van der Waals surface area contributed by atoms with Crippen LogP contribution in [-0.4, -0.2) is 16.1 Å². The zero-order valence-corrected chi connectivity index (χ0v) is 10.0. The molecular formula is C12H13FN4O. The number of amides is 1. The molecule has 0 radical (unpaired) electrons. The van der Waals surface area contributed by atoms with Crippen molar-refractivity contribution < 1.29 is 9.18 Å². The van der Waals surface area contributed by atoms with Crippen molar-refractivity contribution in [2.45, 2.75) is 13.8 Å². The van der Waals surface area contributed by atoms with Crippen molar-refractivity contribution in [1.82, 2.24) is 10.2 Å². The van der Waals surface area contributed by atoms with Crippen LogP contribution in [0.5, 0.6) is 0 Å². The standard InChI is InChI=1S/C12H13FN4O/c1-6-7(2)16-17-11(6)15-12(18)9-5-8(13)3-4-10(9)14/h3-5H,14H2,1-2H3,(H2,15,16,17,18). The van der Waals surface area contributed by atoms with Gasteiger partial charge in [-0.1, -0.05) is 0 Å². The summed E-state index contributed by atoms with van der Waals surface area (Å²) in [5.41, 5.74) is 7.64. The summed E-state index contributed by atoms with van der Waals surface area (Å²) in [6.45, 7) is 3.66. The summed E-state index contributed by atoms with van der Waals surface area (Å²) < 4.78 is 13.1. The molecule has 0 saturated carbocycles. The SMILES string of the molecule is Cc1[nH]nc(NC(=O)c2cc(F)ccc2N)c1C. The van der Waals surface area contributed by atoms with E-state index in [0.29, 0.717) is 5.82 Å². The van der Waals surface area contributed by atoms with Crippen LogP contribution >= 0.6 is 0 Å². The van der Waals surface area contributed by atoms with E-state index in [9.17, 15) is 9.18 Å². The summed E-state index contributed by atoms with van der Waals surface area (Å²) >= 11 is 0. The first-order valence-corrected chi connectivity index (χ1v) is 5.37. The molecule has 2 rings (SSSR count). The molecule has 0 saturated heterocycles. The van der Waals surface area contributed by atoms with E-state index in [2.05, 4.69) is 15.5 Å². The maximum atomic E-state index is 13.1. The number of H-pyrrole nitrogens is 1. The number of nitrogens with two attached hydrogens (primary N) is 1. The minimum atomic E-state index is -0.510. The largest absolute Gasteiger partial charge is 0.398 e. The molecule has 94 valence electrons. The van der Waals surface area contributed by atoms with Gasteiger partial charge in [0.2, 0.25) is 0 Å². The first-order chi connectivity index (χ1) is 8.49. The third-order valence-corrected chi connectivity index (χ3v) is 2.75. The quantitative estimate of drug-likeness (QED) is 0.711. The van der Waals surface area contributed by atoms with Gasteiger partial charge in [-0.2, -0.15) is 5.10 Å². The molecule has 0 spiro atoms. The van der Waals surface area contributed by atoms with Crippen molar-refractivity contribution in [3.05, 3.63) is 40.8 Å². The Labute approximate surface area is 103 Å². The summed E-state index contributed by atoms with van der Waals surface area (Å²) in [5.74, 6) is -0.577. The van der Waals surface area contributed by atoms with Gasteiger partial charge in [-0.15, -0.1) is 0 Å². The molecule has 0 atom stereocenters. The molecule has 2 aromatic rings. The number of hydrogen-bond donors (Lipinski definition) is 3. The van der Waals surface area contributed by atoms with Crippen molar-refractivity contribution in [2.24, 2.45) is 0 Å². The highest BCUT2D eigenvalue weighted by Crippen LogP contribution is 2.18. The van der Waals surface area contributed by atoms with E-state index < -0.39 is 11.7 Å². The maximum Gasteiger partial charge on any atom is 0.259 e. The summed E-state index contributed by atoms with van der Waals surface area (Å²) in [5, 5.41) is 9.28. The molecule has 1 heterocycles. The van der Waals surface area contributed by atoms with Crippen molar-refractivity contribution in [3.8, 4) is 0 Å². The van der Waals surface area contributed by atoms with Gasteiger partial charge >= 0.3 is 0 Å². The molecular weight excluding hydrogens is 235 g/mol. The van der Waals surface area contributed by atoms with Gasteiger partial charge in [0.15, 0.2) is 5.82 Å². The Hall–Kier alpha value is -2.37. The van der Waals surface area contributed by atoms with Gasteiger partial charge in [-0.25, -0.2) is 4.39 Å². The van der Waals surface area contributed by atoms with Gasteiger partial charge in [-0.3, -0.25) is 9.89 Å². The monoisotopic (exact) mass is 248 g/mol. The van der Waals surface area contributed by atoms with Gasteiger partial charge in [0, 0.05) is 16.9 Å². The zero-order valence-electron chi connectivity index (χ0n) is 10.0. The highest BCUT2D eigenvalue weighted by molar-refractivity contribution is 6.07. The normalized spacial score (nSPS) is 10.4. The van der Waals surface area contributed by atoms with Crippen molar-refractivity contribution in [1.29, 1.82) is 0 Å². The van der Waals surface area contributed by atoms with Gasteiger partial charge in [-0.05, 0) is 32.0 Å². The number of carbonyl (C=O) groups excluding carboxylic acids is 1. The van der Waals surface area contributed by atoms with E-state index >= 15 is 0 Å². The lowest BCUT2D eigenvalue weighted by molar-refractivity contribution is 0.102. The lowest BCUT2D eigenvalue weighted by Crippen LogP contribution is -2.15. The van der Waals surface area contributed by atoms with Gasteiger partial charge < -0.3 is 11.1 Å². The molecule has 1 amide bonds. The molecule has 0 bridgehead atoms. The van der Waals surface area contributed by atoms with Crippen molar-refractivity contribution >= 4 is 17.4 Å². The number of nitrogens with one attached hydrogen (secondary N) is 2. The summed E-state index contributed by atoms with van der Waals surface area (Å²) in [6.07, 6.45) is 0. The molecule has 18 heavy (non-hydrogen) atoms. The Balaban J connectivity index is 2.27. The first kappa shape index (κ1) is 12.1. The van der Waals surface area contributed by atoms with E-state index in [-0.39, 0.29) is 11.3 Å². The average Bonchev–Trinajstić information content (AvgIpc) is 2.64. The number of benzene rings is 1. The van der Waals surface area contributed by atoms with Gasteiger partial charge in [0.05, 0.1) is 5.56 Å². The molecule has 1 aromatic heterocycles. The van der Waals surface area contributed by atoms with E-state index in [1.165, 1.54) is 12.1 Å². The highest BCUT2D eigenvalue weighted by atomic mass is 19.1. The molecule has 6 heteroatoms. The lowest BCUT2D eigenvalue weighted by Gasteiger charge is -2.06. The Morgan fingerprint density at radius 2 is 2.17 bits per heavy atom. The van der Waals surface area contributed by atoms with Crippen molar-refractivity contribution in [3.63, 3.8) is 0 Å². The predicted molar refractivity (Wildman–Crippen MR) is 66.8 cm³/mol. The molecule has 0 aliphatic carbocycles. The molecule has 0 aliphatic heterocycles. The fourth-order valence-electron chi connectivity index (χ4n) is 1.51. The van der Waals surface area contributed by atoms with Crippen LogP contribution in [0.25, 0.3) is 0 Å². The number of nitrogen functional groups attached to an aromatic ring is 1. The second kappa shape index (κ2) is 4.48. The third kappa shape index (κ3) is 2.17. The Kier molecular flexibility index (Phi) is 3.01. The molecule has 1 aromatic carbocycles. The van der Waals surface area contributed by atoms with Crippen LogP contribution in [-0.2, 0) is 0 Å². The predicted octanol–water partition coefficient (Wildman–Crippen LogP) is 2.00. The second-order valence-corrected chi connectivity index (χ2v) is 4.01. The number of rotatable bonds is 2. The Morgan fingerprint density at radius 3 is 2.78 bits per heavy atom. The topological polar surface area (TPSA) is 83.8 Å². The minimum absolute atomic E-state index is 0.0926. The summed E-state index contributed by atoms with van der Waals surface area (Å²) in [4.78, 5) is 11.9. The lowest BCUT2D eigenvalue weighted by atomic mass is 10.1. The summed E-state index contributed by atoms with van der Waals surface area (Å²) in [7, 11) is 0. The van der Waals surface area contributed by atoms with Crippen LogP contribution in [0.3, 0.4) is 0 Å². The van der Waals surface area contributed by atoms with E-state index in [4.69, 9.17) is 5.73 Å². The number of carbonyl (C=O) groups is 1. The molecule has 0 aliphatic rings. The van der Waals surface area contributed by atoms with Crippen LogP contribution < -0.4 is 11.1 Å². The molecule has 0 fully saturated rings. The first-order valence-electron chi connectivity index (χ1n) is 5.37. The third-order valence-electron chi connectivity index (χ3n) is 2.75. The van der Waals surface area contributed by atoms with Gasteiger partial charge in [0.25, 0.3) is 5.91 Å². The Morgan fingerprint density at radius 1 is 1.44 bits per heavy atom. The zero-order chi connectivity index (χ0) is 13.3. The fourth-order valence-corrected chi connectivity index (χ4v) is 1.51. The second-order valence-electron chi connectivity index (χ2n) is 4.01. The van der Waals surface area contributed by atoms with Crippen LogP contribution in [0, 0.1) is 19.7 Å². The number of nitrogens with zero attached hydrogens (tertiary/aromatic N) is 1. The maximum absolute atomic E-state index is 13.1. The van der Waals surface area contributed by atoms with Crippen LogP contribution in [0.2, 0.25) is 0 Å². The molecule has 5 nitrogen and oxygen atoms in total. The van der Waals surface area contributed by atoms with Gasteiger partial charge in [0.1, 0.15) is 5.82 Å². The van der Waals surface area contributed by atoms with Crippen LogP contribution in [0.1, 0.15) is 21.6 Å². The average molecular weight is 248 g/mol. The smallest absolute Gasteiger partial charge is 0.259 e. The Bertz CT molecular complexity index is 606. The van der Waals surface area contributed by atoms with Crippen molar-refractivity contribution in [2.75, 3.05) is 11.1 Å². The highest BCUT2D eigenvalue weighted by Gasteiger charge is 2.14. The molecule has 0 unspecified atom stereocenters. The van der Waals surface area contributed by atoms with E-state index in [1.54, 1.807) is 0 Å². The fraction of sp³-hybridized carbons (Fsp3) is 0.167. The number of aryl methyl sites for hydroxylation is 1. The van der Waals surface area contributed by atoms with E-state index in [0.717, 1.165) is 17.3 Å². The molecule has 4 N–H and O–H groups in total. The number of hydrogen-bond acceptors (Lipinski definition) is 3. The minimum Gasteiger partial charge on any atom is -0.398 e. The summed E-state index contributed by atoms with van der Waals surface area (Å²) in [6, 6.07) is 3.66. The number of halogens is 1. The van der Waals surface area contributed by atoms with Crippen LogP contribution in [0.4, 0.5) is 15.9 Å².